The lowest BCUT2D eigenvalue weighted by Gasteiger charge is -2.05. The van der Waals surface area contributed by atoms with Crippen molar-refractivity contribution in [1.82, 2.24) is 4.98 Å². The Morgan fingerprint density at radius 2 is 2.14 bits per heavy atom. The van der Waals surface area contributed by atoms with Gasteiger partial charge in [-0.2, -0.15) is 0 Å². The van der Waals surface area contributed by atoms with E-state index in [4.69, 9.17) is 4.42 Å². The van der Waals surface area contributed by atoms with Crippen LogP contribution in [0, 0.1) is 0 Å². The van der Waals surface area contributed by atoms with Crippen LogP contribution in [-0.4, -0.2) is 10.9 Å². The van der Waals surface area contributed by atoms with Crippen molar-refractivity contribution in [2.75, 3.05) is 5.32 Å². The predicted molar refractivity (Wildman–Crippen MR) is 84.1 cm³/mol. The highest BCUT2D eigenvalue weighted by Crippen LogP contribution is 2.16. The van der Waals surface area contributed by atoms with E-state index < -0.39 is 5.91 Å². The highest BCUT2D eigenvalue weighted by Gasteiger charge is 2.13. The highest BCUT2D eigenvalue weighted by molar-refractivity contribution is 6.02. The van der Waals surface area contributed by atoms with Gasteiger partial charge in [0.1, 0.15) is 5.58 Å². The van der Waals surface area contributed by atoms with Gasteiger partial charge in [-0.1, -0.05) is 13.0 Å². The molecule has 0 aliphatic heterocycles. The van der Waals surface area contributed by atoms with Gasteiger partial charge in [-0.3, -0.25) is 14.6 Å². The van der Waals surface area contributed by atoms with Crippen LogP contribution >= 0.6 is 0 Å². The average Bonchev–Trinajstić information content (AvgIpc) is 2.55. The zero-order valence-corrected chi connectivity index (χ0v) is 12.0. The van der Waals surface area contributed by atoms with E-state index in [9.17, 15) is 9.59 Å². The molecule has 1 N–H and O–H groups in total. The Morgan fingerprint density at radius 3 is 2.86 bits per heavy atom. The number of rotatable bonds is 3. The normalized spacial score (nSPS) is 10.6. The Labute approximate surface area is 126 Å². The molecule has 2 aromatic heterocycles. The van der Waals surface area contributed by atoms with Gasteiger partial charge in [0.2, 0.25) is 0 Å². The zero-order chi connectivity index (χ0) is 15.5. The standard InChI is InChI=1S/C17H14N2O3/c1-2-11-5-6-15-13(8-11)14(20)9-16(22-15)17(21)19-12-4-3-7-18-10-12/h3-10H,2H2,1H3,(H,19,21). The first kappa shape index (κ1) is 14.0. The molecule has 0 aliphatic rings. The number of nitrogens with zero attached hydrogens (tertiary/aromatic N) is 1. The van der Waals surface area contributed by atoms with Crippen molar-refractivity contribution < 1.29 is 9.21 Å². The molecule has 1 amide bonds. The lowest BCUT2D eigenvalue weighted by Crippen LogP contribution is -2.15. The fraction of sp³-hybridized carbons (Fsp3) is 0.118. The number of amides is 1. The first-order valence-corrected chi connectivity index (χ1v) is 6.95. The molecule has 5 heteroatoms. The number of pyridine rings is 1. The summed E-state index contributed by atoms with van der Waals surface area (Å²) in [6, 6.07) is 10.0. The van der Waals surface area contributed by atoms with Crippen LogP contribution in [0.1, 0.15) is 23.0 Å². The van der Waals surface area contributed by atoms with Gasteiger partial charge in [-0.05, 0) is 36.2 Å². The van der Waals surface area contributed by atoms with Crippen molar-refractivity contribution in [3.05, 3.63) is 70.3 Å². The number of aryl methyl sites for hydroxylation is 1. The van der Waals surface area contributed by atoms with Gasteiger partial charge in [0, 0.05) is 12.3 Å². The van der Waals surface area contributed by atoms with Crippen LogP contribution in [-0.2, 0) is 6.42 Å². The lowest BCUT2D eigenvalue weighted by atomic mass is 10.1. The smallest absolute Gasteiger partial charge is 0.291 e. The van der Waals surface area contributed by atoms with E-state index in [1.165, 1.54) is 12.3 Å². The first-order valence-electron chi connectivity index (χ1n) is 6.95. The molecule has 1 aromatic carbocycles. The SMILES string of the molecule is CCc1ccc2oc(C(=O)Nc3cccnc3)cc(=O)c2c1. The second kappa shape index (κ2) is 5.81. The van der Waals surface area contributed by atoms with Gasteiger partial charge in [-0.25, -0.2) is 0 Å². The highest BCUT2D eigenvalue weighted by atomic mass is 16.3. The molecule has 0 aliphatic carbocycles. The predicted octanol–water partition coefficient (Wildman–Crippen LogP) is 3.00. The maximum atomic E-state index is 12.2. The molecule has 5 nitrogen and oxygen atoms in total. The van der Waals surface area contributed by atoms with E-state index in [0.29, 0.717) is 16.7 Å². The van der Waals surface area contributed by atoms with Crippen molar-refractivity contribution in [3.63, 3.8) is 0 Å². The number of aromatic nitrogens is 1. The zero-order valence-electron chi connectivity index (χ0n) is 12.0. The molecule has 0 unspecified atom stereocenters. The number of fused-ring (bicyclic) bond motifs is 1. The van der Waals surface area contributed by atoms with Crippen LogP contribution in [0.3, 0.4) is 0 Å². The largest absolute Gasteiger partial charge is 0.451 e. The Hall–Kier alpha value is -2.95. The monoisotopic (exact) mass is 294 g/mol. The third-order valence-electron chi connectivity index (χ3n) is 3.34. The van der Waals surface area contributed by atoms with Crippen molar-refractivity contribution >= 4 is 22.6 Å². The summed E-state index contributed by atoms with van der Waals surface area (Å²) in [6.07, 6.45) is 3.96. The summed E-state index contributed by atoms with van der Waals surface area (Å²) in [7, 11) is 0. The fourth-order valence-electron chi connectivity index (χ4n) is 2.16. The first-order chi connectivity index (χ1) is 10.7. The number of carbonyl (C=O) groups excluding carboxylic acids is 1. The van der Waals surface area contributed by atoms with Gasteiger partial charge in [0.05, 0.1) is 17.3 Å². The van der Waals surface area contributed by atoms with Crippen molar-refractivity contribution in [3.8, 4) is 0 Å². The van der Waals surface area contributed by atoms with Crippen molar-refractivity contribution in [2.45, 2.75) is 13.3 Å². The summed E-state index contributed by atoms with van der Waals surface area (Å²) in [5, 5.41) is 3.12. The minimum atomic E-state index is -0.480. The van der Waals surface area contributed by atoms with Gasteiger partial charge in [0.15, 0.2) is 11.2 Å². The molecular formula is C17H14N2O3. The third-order valence-corrected chi connectivity index (χ3v) is 3.34. The molecule has 22 heavy (non-hydrogen) atoms. The van der Waals surface area contributed by atoms with E-state index in [0.717, 1.165) is 12.0 Å². The molecular weight excluding hydrogens is 280 g/mol. The van der Waals surface area contributed by atoms with Crippen LogP contribution < -0.4 is 10.7 Å². The molecule has 0 atom stereocenters. The average molecular weight is 294 g/mol. The van der Waals surface area contributed by atoms with Gasteiger partial charge < -0.3 is 9.73 Å². The Kier molecular flexibility index (Phi) is 3.70. The summed E-state index contributed by atoms with van der Waals surface area (Å²) in [5.74, 6) is -0.503. The molecule has 110 valence electrons. The van der Waals surface area contributed by atoms with Crippen LogP contribution in [0.15, 0.2) is 58.0 Å². The number of benzene rings is 1. The number of hydrogen-bond acceptors (Lipinski definition) is 4. The number of anilines is 1. The maximum absolute atomic E-state index is 12.2. The summed E-state index contributed by atoms with van der Waals surface area (Å²) in [4.78, 5) is 28.2. The van der Waals surface area contributed by atoms with Gasteiger partial charge in [0.25, 0.3) is 5.91 Å². The molecule has 3 aromatic rings. The molecule has 0 saturated carbocycles. The minimum absolute atomic E-state index is 0.0226. The molecule has 2 heterocycles. The number of hydrogen-bond donors (Lipinski definition) is 1. The van der Waals surface area contributed by atoms with Crippen LogP contribution in [0.4, 0.5) is 5.69 Å². The molecule has 0 spiro atoms. The van der Waals surface area contributed by atoms with Crippen molar-refractivity contribution in [1.29, 1.82) is 0 Å². The molecule has 0 fully saturated rings. The summed E-state index contributed by atoms with van der Waals surface area (Å²) >= 11 is 0. The van der Waals surface area contributed by atoms with E-state index in [1.807, 2.05) is 13.0 Å². The van der Waals surface area contributed by atoms with E-state index >= 15 is 0 Å². The summed E-state index contributed by atoms with van der Waals surface area (Å²) in [5.41, 5.74) is 1.76. The second-order valence-corrected chi connectivity index (χ2v) is 4.85. The Bertz CT molecular complexity index is 885. The van der Waals surface area contributed by atoms with Crippen LogP contribution in [0.5, 0.6) is 0 Å². The van der Waals surface area contributed by atoms with E-state index in [2.05, 4.69) is 10.3 Å². The fourth-order valence-corrected chi connectivity index (χ4v) is 2.16. The topological polar surface area (TPSA) is 72.2 Å². The number of carbonyl (C=O) groups is 1. The molecule has 3 rings (SSSR count). The molecule has 0 radical (unpaired) electrons. The molecule has 0 bridgehead atoms. The Balaban J connectivity index is 1.98. The maximum Gasteiger partial charge on any atom is 0.291 e. The van der Waals surface area contributed by atoms with E-state index in [1.54, 1.807) is 30.5 Å². The number of nitrogens with one attached hydrogen (secondary N) is 1. The molecule has 0 saturated heterocycles. The third kappa shape index (κ3) is 2.74. The summed E-state index contributed by atoms with van der Waals surface area (Å²) < 4.78 is 5.54. The minimum Gasteiger partial charge on any atom is -0.451 e. The second-order valence-electron chi connectivity index (χ2n) is 4.85. The lowest BCUT2D eigenvalue weighted by molar-refractivity contribution is 0.0997. The van der Waals surface area contributed by atoms with E-state index in [-0.39, 0.29) is 11.2 Å². The van der Waals surface area contributed by atoms with Crippen LogP contribution in [0.2, 0.25) is 0 Å². The van der Waals surface area contributed by atoms with Crippen molar-refractivity contribution in [2.24, 2.45) is 0 Å². The summed E-state index contributed by atoms with van der Waals surface area (Å²) in [6.45, 7) is 2.01. The van der Waals surface area contributed by atoms with Gasteiger partial charge >= 0.3 is 0 Å². The van der Waals surface area contributed by atoms with Crippen LogP contribution in [0.25, 0.3) is 11.0 Å². The quantitative estimate of drug-likeness (QED) is 0.806. The Morgan fingerprint density at radius 1 is 1.27 bits per heavy atom. The van der Waals surface area contributed by atoms with Gasteiger partial charge in [-0.15, -0.1) is 0 Å².